The lowest BCUT2D eigenvalue weighted by atomic mass is 9.85. The molecule has 3 heterocycles. The predicted octanol–water partition coefficient (Wildman–Crippen LogP) is 6.32. The maximum absolute atomic E-state index is 14.8. The van der Waals surface area contributed by atoms with E-state index in [0.29, 0.717) is 59.5 Å². The Bertz CT molecular complexity index is 2500. The topological polar surface area (TPSA) is 186 Å². The first-order valence-corrected chi connectivity index (χ1v) is 22.7. The van der Waals surface area contributed by atoms with Crippen molar-refractivity contribution >= 4 is 44.7 Å². The summed E-state index contributed by atoms with van der Waals surface area (Å²) in [5.41, 5.74) is 1.07. The molecule has 2 aromatic heterocycles. The van der Waals surface area contributed by atoms with Gasteiger partial charge in [-0.1, -0.05) is 57.2 Å². The molecule has 16 heteroatoms. The monoisotopic (exact) mass is 880 g/mol. The Hall–Kier alpha value is -6.03. The highest BCUT2D eigenvalue weighted by Gasteiger charge is 2.55. The molecule has 2 aliphatic carbocycles. The SMILES string of the molecule is COc1ccc2c(OC3CC(C(=O)N(C=CC(=O)NS(=O)(=O)C4(Cc5ccccn5)CC4)C4CC4)N(C(=O)C(NC(=O)OC(C)(C)C)C(C)(C)C)C3)cc(-c3ccccc3)nc2c1. The molecule has 0 spiro atoms. The second kappa shape index (κ2) is 17.6. The number of hydrogen-bond donors (Lipinski definition) is 2. The van der Waals surface area contributed by atoms with Crippen LogP contribution in [0.3, 0.4) is 0 Å². The van der Waals surface area contributed by atoms with Crippen LogP contribution in [0.4, 0.5) is 4.79 Å². The Kier molecular flexibility index (Phi) is 12.6. The number of sulfonamides is 1. The standard InChI is InChI=1S/C47H56N6O9S/c1-45(2,3)41(50-44(57)62-46(4,5)6)43(56)53-29-34(61-39-27-36(30-13-9-8-10-14-30)49-37-25-33(60-7)18-19-35(37)39)26-38(53)42(55)52(32-16-17-32)24-20-40(54)51-63(58,59)47(21-22-47)28-31-15-11-12-23-48-31/h8-15,18-20,23-25,27,32,34,38,41H,16-17,21-22,26,28-29H2,1-7H3,(H,50,57)(H,51,54). The molecule has 334 valence electrons. The van der Waals surface area contributed by atoms with Crippen LogP contribution in [0.25, 0.3) is 22.2 Å². The number of pyridine rings is 2. The average Bonchev–Trinajstić information content (AvgIpc) is 4.17. The minimum atomic E-state index is -4.10. The molecule has 3 unspecified atom stereocenters. The molecular formula is C47H56N6O9S. The van der Waals surface area contributed by atoms with Gasteiger partial charge in [0.1, 0.15) is 35.3 Å². The summed E-state index contributed by atoms with van der Waals surface area (Å²) < 4.78 is 45.9. The summed E-state index contributed by atoms with van der Waals surface area (Å²) >= 11 is 0. The van der Waals surface area contributed by atoms with Crippen molar-refractivity contribution in [1.29, 1.82) is 0 Å². The second-order valence-corrected chi connectivity index (χ2v) is 20.7. The molecular weight excluding hydrogens is 825 g/mol. The maximum Gasteiger partial charge on any atom is 0.408 e. The van der Waals surface area contributed by atoms with E-state index >= 15 is 0 Å². The number of likely N-dealkylation sites (tertiary alicyclic amines) is 1. The van der Waals surface area contributed by atoms with Crippen molar-refractivity contribution in [3.05, 3.63) is 97.0 Å². The molecule has 0 radical (unpaired) electrons. The summed E-state index contributed by atoms with van der Waals surface area (Å²) in [5.74, 6) is -0.794. The van der Waals surface area contributed by atoms with Crippen LogP contribution in [0.1, 0.15) is 79.3 Å². The summed E-state index contributed by atoms with van der Waals surface area (Å²) in [6.07, 6.45) is 4.74. The van der Waals surface area contributed by atoms with Crippen LogP contribution in [-0.4, -0.2) is 100 Å². The number of carbonyl (C=O) groups excluding carboxylic acids is 4. The van der Waals surface area contributed by atoms with Crippen LogP contribution >= 0.6 is 0 Å². The highest BCUT2D eigenvalue weighted by Crippen LogP contribution is 2.45. The third kappa shape index (κ3) is 10.6. The Labute approximate surface area is 368 Å². The quantitative estimate of drug-likeness (QED) is 0.135. The Morgan fingerprint density at radius 3 is 2.30 bits per heavy atom. The number of nitrogens with one attached hydrogen (secondary N) is 2. The minimum absolute atomic E-state index is 0.0161. The third-order valence-corrected chi connectivity index (χ3v) is 13.5. The highest BCUT2D eigenvalue weighted by molar-refractivity contribution is 7.91. The van der Waals surface area contributed by atoms with Gasteiger partial charge < -0.3 is 29.3 Å². The number of nitrogens with zero attached hydrogens (tertiary/aromatic N) is 4. The van der Waals surface area contributed by atoms with E-state index < -0.39 is 67.8 Å². The number of rotatable bonds is 14. The lowest BCUT2D eigenvalue weighted by Gasteiger charge is -2.36. The highest BCUT2D eigenvalue weighted by atomic mass is 32.2. The number of fused-ring (bicyclic) bond motifs is 1. The van der Waals surface area contributed by atoms with E-state index in [2.05, 4.69) is 15.0 Å². The van der Waals surface area contributed by atoms with Crippen molar-refractivity contribution < 1.29 is 41.8 Å². The number of methoxy groups -OCH3 is 1. The normalized spacial score (nSPS) is 19.0. The van der Waals surface area contributed by atoms with Gasteiger partial charge in [-0.15, -0.1) is 0 Å². The molecule has 1 saturated heterocycles. The number of ether oxygens (including phenoxy) is 3. The van der Waals surface area contributed by atoms with E-state index in [4.69, 9.17) is 19.2 Å². The van der Waals surface area contributed by atoms with E-state index in [0.717, 1.165) is 11.6 Å². The maximum atomic E-state index is 14.8. The van der Waals surface area contributed by atoms with Crippen molar-refractivity contribution in [3.63, 3.8) is 0 Å². The first-order valence-electron chi connectivity index (χ1n) is 21.2. The molecule has 4 aromatic rings. The molecule has 7 rings (SSSR count). The van der Waals surface area contributed by atoms with Gasteiger partial charge >= 0.3 is 6.09 Å². The van der Waals surface area contributed by atoms with Crippen LogP contribution in [0.5, 0.6) is 11.5 Å². The van der Waals surface area contributed by atoms with Crippen molar-refractivity contribution in [1.82, 2.24) is 29.8 Å². The molecule has 1 aliphatic heterocycles. The fourth-order valence-corrected chi connectivity index (χ4v) is 9.30. The number of benzene rings is 2. The van der Waals surface area contributed by atoms with E-state index in [-0.39, 0.29) is 25.4 Å². The number of carbonyl (C=O) groups is 4. The van der Waals surface area contributed by atoms with Gasteiger partial charge in [0.15, 0.2) is 0 Å². The van der Waals surface area contributed by atoms with E-state index in [1.165, 1.54) is 16.0 Å². The lowest BCUT2D eigenvalue weighted by Crippen LogP contribution is -2.58. The average molecular weight is 881 g/mol. The molecule has 2 aromatic carbocycles. The van der Waals surface area contributed by atoms with E-state index in [1.54, 1.807) is 58.3 Å². The van der Waals surface area contributed by atoms with Gasteiger partial charge in [-0.2, -0.15) is 0 Å². The zero-order valence-electron chi connectivity index (χ0n) is 36.8. The Balaban J connectivity index is 1.18. The second-order valence-electron chi connectivity index (χ2n) is 18.6. The van der Waals surface area contributed by atoms with Crippen LogP contribution in [0, 0.1) is 5.41 Å². The van der Waals surface area contributed by atoms with Gasteiger partial charge in [0.2, 0.25) is 21.8 Å². The van der Waals surface area contributed by atoms with E-state index in [1.807, 2.05) is 69.3 Å². The first kappa shape index (κ1) is 45.0. The minimum Gasteiger partial charge on any atom is -0.497 e. The third-order valence-electron chi connectivity index (χ3n) is 11.4. The van der Waals surface area contributed by atoms with Crippen molar-refractivity contribution in [2.75, 3.05) is 13.7 Å². The first-order chi connectivity index (χ1) is 29.8. The van der Waals surface area contributed by atoms with Crippen LogP contribution < -0.4 is 19.5 Å². The van der Waals surface area contributed by atoms with Crippen LogP contribution in [-0.2, 0) is 35.6 Å². The van der Waals surface area contributed by atoms with Gasteiger partial charge in [-0.05, 0) is 76.1 Å². The molecule has 2 saturated carbocycles. The fourth-order valence-electron chi connectivity index (χ4n) is 7.77. The fraction of sp³-hybridized carbons (Fsp3) is 0.447. The van der Waals surface area contributed by atoms with Gasteiger partial charge in [0, 0.05) is 66.1 Å². The molecule has 4 amide bonds. The molecule has 0 bridgehead atoms. The summed E-state index contributed by atoms with van der Waals surface area (Å²) in [7, 11) is -2.52. The Morgan fingerprint density at radius 1 is 0.968 bits per heavy atom. The van der Waals surface area contributed by atoms with Crippen LogP contribution in [0.2, 0.25) is 0 Å². The lowest BCUT2D eigenvalue weighted by molar-refractivity contribution is -0.145. The molecule has 3 fully saturated rings. The van der Waals surface area contributed by atoms with Crippen molar-refractivity contribution in [2.24, 2.45) is 5.41 Å². The van der Waals surface area contributed by atoms with Gasteiger partial charge in [-0.3, -0.25) is 19.4 Å². The zero-order chi connectivity index (χ0) is 45.3. The predicted molar refractivity (Wildman–Crippen MR) is 237 cm³/mol. The van der Waals surface area contributed by atoms with Crippen molar-refractivity contribution in [2.45, 2.75) is 115 Å². The zero-order valence-corrected chi connectivity index (χ0v) is 37.6. The molecule has 15 nitrogen and oxygen atoms in total. The van der Waals surface area contributed by atoms with Crippen LogP contribution in [0.15, 0.2) is 91.3 Å². The summed E-state index contributed by atoms with van der Waals surface area (Å²) in [6, 6.07) is 19.7. The van der Waals surface area contributed by atoms with Gasteiger partial charge in [0.05, 0.1) is 29.6 Å². The summed E-state index contributed by atoms with van der Waals surface area (Å²) in [6.45, 7) is 10.6. The van der Waals surface area contributed by atoms with Gasteiger partial charge in [-0.25, -0.2) is 22.9 Å². The number of aromatic nitrogens is 2. The summed E-state index contributed by atoms with van der Waals surface area (Å²) in [5, 5.41) is 3.46. The molecule has 3 atom stereocenters. The number of alkyl carbamates (subject to hydrolysis) is 1. The largest absolute Gasteiger partial charge is 0.497 e. The molecule has 2 N–H and O–H groups in total. The van der Waals surface area contributed by atoms with Crippen molar-refractivity contribution in [3.8, 4) is 22.8 Å². The van der Waals surface area contributed by atoms with E-state index in [9.17, 15) is 27.6 Å². The van der Waals surface area contributed by atoms with Gasteiger partial charge in [0.25, 0.3) is 5.91 Å². The molecule has 63 heavy (non-hydrogen) atoms. The number of hydrogen-bond acceptors (Lipinski definition) is 11. The Morgan fingerprint density at radius 2 is 1.68 bits per heavy atom. The molecule has 3 aliphatic rings. The summed E-state index contributed by atoms with van der Waals surface area (Å²) in [4.78, 5) is 68.2. The smallest absolute Gasteiger partial charge is 0.408 e. The number of amides is 4.